The van der Waals surface area contributed by atoms with Gasteiger partial charge in [0.1, 0.15) is 0 Å². The van der Waals surface area contributed by atoms with Gasteiger partial charge in [-0.25, -0.2) is 13.4 Å². The molecule has 1 unspecified atom stereocenters. The minimum absolute atomic E-state index is 0.0238. The van der Waals surface area contributed by atoms with E-state index in [0.717, 1.165) is 23.4 Å². The zero-order chi connectivity index (χ0) is 16.2. The third kappa shape index (κ3) is 2.19. The van der Waals surface area contributed by atoms with Crippen molar-refractivity contribution >= 4 is 21.4 Å². The highest BCUT2D eigenvalue weighted by Gasteiger charge is 2.60. The van der Waals surface area contributed by atoms with Crippen molar-refractivity contribution in [1.29, 1.82) is 0 Å². The van der Waals surface area contributed by atoms with Crippen LogP contribution in [0.25, 0.3) is 0 Å². The molecule has 0 N–H and O–H groups in total. The molecule has 23 heavy (non-hydrogen) atoms. The average Bonchev–Trinajstić information content (AvgIpc) is 2.77. The number of hydrogen-bond donors (Lipinski definition) is 0. The molecule has 1 saturated heterocycles. The van der Waals surface area contributed by atoms with Gasteiger partial charge in [0, 0.05) is 12.0 Å². The van der Waals surface area contributed by atoms with E-state index in [1.807, 2.05) is 25.1 Å². The van der Waals surface area contributed by atoms with Crippen LogP contribution >= 0.6 is 11.3 Å². The van der Waals surface area contributed by atoms with Crippen LogP contribution < -0.4 is 0 Å². The number of aryl methyl sites for hydroxylation is 2. The molecule has 2 heterocycles. The zero-order valence-electron chi connectivity index (χ0n) is 13.3. The summed E-state index contributed by atoms with van der Waals surface area (Å²) in [6.07, 6.45) is 3.45. The van der Waals surface area contributed by atoms with Crippen molar-refractivity contribution in [3.8, 4) is 0 Å². The molecule has 0 bridgehead atoms. The lowest BCUT2D eigenvalue weighted by Crippen LogP contribution is -2.63. The van der Waals surface area contributed by atoms with E-state index < -0.39 is 10.0 Å². The lowest BCUT2D eigenvalue weighted by Gasteiger charge is -2.61. The molecule has 2 aliphatic rings. The Morgan fingerprint density at radius 2 is 1.91 bits per heavy atom. The first-order chi connectivity index (χ1) is 10.9. The number of hydrogen-bond acceptors (Lipinski definition) is 4. The SMILES string of the molecule is Cc1nc(C)c(S(=O)(=O)N2CC3(CCC3)C2c2ccccc2)s1. The number of thiazole rings is 1. The summed E-state index contributed by atoms with van der Waals surface area (Å²) in [5.41, 5.74) is 1.89. The van der Waals surface area contributed by atoms with Crippen LogP contribution in [-0.4, -0.2) is 24.3 Å². The molecule has 1 aliphatic carbocycles. The summed E-state index contributed by atoms with van der Waals surface area (Å²) in [5, 5.41) is 0.802. The van der Waals surface area contributed by atoms with Crippen LogP contribution in [0.2, 0.25) is 0 Å². The van der Waals surface area contributed by atoms with Crippen LogP contribution in [0.15, 0.2) is 34.5 Å². The summed E-state index contributed by atoms with van der Waals surface area (Å²) < 4.78 is 28.4. The van der Waals surface area contributed by atoms with E-state index >= 15 is 0 Å². The number of nitrogens with zero attached hydrogens (tertiary/aromatic N) is 2. The van der Waals surface area contributed by atoms with Crippen molar-refractivity contribution in [3.05, 3.63) is 46.6 Å². The Labute approximate surface area is 141 Å². The molecule has 1 saturated carbocycles. The van der Waals surface area contributed by atoms with E-state index in [1.165, 1.54) is 17.8 Å². The standard InChI is InChI=1S/C17H20N2O2S2/c1-12-16(22-13(2)18-12)23(20,21)19-11-17(9-6-10-17)15(19)14-7-4-3-5-8-14/h3-5,7-8,15H,6,9-11H2,1-2H3. The van der Waals surface area contributed by atoms with E-state index in [1.54, 1.807) is 11.2 Å². The van der Waals surface area contributed by atoms with Crippen molar-refractivity contribution in [1.82, 2.24) is 9.29 Å². The maximum absolute atomic E-state index is 13.2. The average molecular weight is 348 g/mol. The number of aromatic nitrogens is 1. The van der Waals surface area contributed by atoms with Gasteiger partial charge in [0.05, 0.1) is 16.7 Å². The van der Waals surface area contributed by atoms with Crippen LogP contribution in [0.4, 0.5) is 0 Å². The lowest BCUT2D eigenvalue weighted by molar-refractivity contribution is -0.0779. The smallest absolute Gasteiger partial charge is 0.245 e. The highest BCUT2D eigenvalue weighted by molar-refractivity contribution is 7.91. The molecule has 2 aromatic rings. The molecule has 1 spiro atoms. The van der Waals surface area contributed by atoms with E-state index in [-0.39, 0.29) is 11.5 Å². The Morgan fingerprint density at radius 1 is 1.22 bits per heavy atom. The second-order valence-electron chi connectivity index (χ2n) is 6.69. The first-order valence-electron chi connectivity index (χ1n) is 7.95. The minimum atomic E-state index is -3.47. The van der Waals surface area contributed by atoms with Crippen LogP contribution in [-0.2, 0) is 10.0 Å². The molecular formula is C17H20N2O2S2. The van der Waals surface area contributed by atoms with Gasteiger partial charge in [-0.05, 0) is 32.3 Å². The molecule has 2 fully saturated rings. The maximum Gasteiger partial charge on any atom is 0.255 e. The Morgan fingerprint density at radius 3 is 2.43 bits per heavy atom. The predicted octanol–water partition coefficient (Wildman–Crippen LogP) is 3.68. The first-order valence-corrected chi connectivity index (χ1v) is 10.2. The summed E-state index contributed by atoms with van der Waals surface area (Å²) >= 11 is 1.28. The normalized spacial score (nSPS) is 23.5. The Kier molecular flexibility index (Phi) is 3.41. The van der Waals surface area contributed by atoms with Gasteiger partial charge in [-0.1, -0.05) is 36.8 Å². The quantitative estimate of drug-likeness (QED) is 0.850. The first kappa shape index (κ1) is 15.3. The van der Waals surface area contributed by atoms with Crippen LogP contribution in [0.3, 0.4) is 0 Å². The molecule has 0 amide bonds. The Bertz CT molecular complexity index is 839. The van der Waals surface area contributed by atoms with Crippen molar-refractivity contribution < 1.29 is 8.42 Å². The second kappa shape index (κ2) is 5.13. The topological polar surface area (TPSA) is 50.3 Å². The van der Waals surface area contributed by atoms with E-state index in [9.17, 15) is 8.42 Å². The summed E-state index contributed by atoms with van der Waals surface area (Å²) in [6, 6.07) is 10.0. The molecule has 4 nitrogen and oxygen atoms in total. The van der Waals surface area contributed by atoms with Gasteiger partial charge < -0.3 is 0 Å². The third-order valence-corrected chi connectivity index (χ3v) is 8.68. The van der Waals surface area contributed by atoms with Crippen LogP contribution in [0.5, 0.6) is 0 Å². The molecule has 1 aromatic heterocycles. The molecule has 1 aromatic carbocycles. The minimum Gasteiger partial charge on any atom is -0.245 e. The van der Waals surface area contributed by atoms with Crippen LogP contribution in [0.1, 0.15) is 41.6 Å². The number of rotatable bonds is 3. The second-order valence-corrected chi connectivity index (χ2v) is 9.97. The third-order valence-electron chi connectivity index (χ3n) is 5.21. The van der Waals surface area contributed by atoms with Crippen molar-refractivity contribution in [3.63, 3.8) is 0 Å². The van der Waals surface area contributed by atoms with Gasteiger partial charge >= 0.3 is 0 Å². The van der Waals surface area contributed by atoms with Gasteiger partial charge in [-0.2, -0.15) is 4.31 Å². The molecule has 122 valence electrons. The van der Waals surface area contributed by atoms with Gasteiger partial charge in [-0.3, -0.25) is 0 Å². The number of benzene rings is 1. The van der Waals surface area contributed by atoms with E-state index in [4.69, 9.17) is 0 Å². The van der Waals surface area contributed by atoms with Gasteiger partial charge in [0.25, 0.3) is 10.0 Å². The monoisotopic (exact) mass is 348 g/mol. The van der Waals surface area contributed by atoms with Gasteiger partial charge in [0.2, 0.25) is 0 Å². The van der Waals surface area contributed by atoms with Crippen molar-refractivity contribution in [2.24, 2.45) is 5.41 Å². The summed E-state index contributed by atoms with van der Waals surface area (Å²) in [7, 11) is -3.47. The molecule has 0 radical (unpaired) electrons. The fraction of sp³-hybridized carbons (Fsp3) is 0.471. The van der Waals surface area contributed by atoms with E-state index in [2.05, 4.69) is 17.1 Å². The van der Waals surface area contributed by atoms with Crippen molar-refractivity contribution in [2.45, 2.75) is 43.4 Å². The molecule has 4 rings (SSSR count). The fourth-order valence-electron chi connectivity index (χ4n) is 3.98. The van der Waals surface area contributed by atoms with Crippen molar-refractivity contribution in [2.75, 3.05) is 6.54 Å². The summed E-state index contributed by atoms with van der Waals surface area (Å²) in [6.45, 7) is 4.28. The van der Waals surface area contributed by atoms with Crippen LogP contribution in [0, 0.1) is 19.3 Å². The number of sulfonamides is 1. The molecule has 1 aliphatic heterocycles. The zero-order valence-corrected chi connectivity index (χ0v) is 15.0. The summed E-state index contributed by atoms with van der Waals surface area (Å²) in [5.74, 6) is 0. The largest absolute Gasteiger partial charge is 0.255 e. The molecular weight excluding hydrogens is 328 g/mol. The molecule has 1 atom stereocenters. The maximum atomic E-state index is 13.2. The highest BCUT2D eigenvalue weighted by Crippen LogP contribution is 2.62. The summed E-state index contributed by atoms with van der Waals surface area (Å²) in [4.78, 5) is 4.30. The molecule has 6 heteroatoms. The van der Waals surface area contributed by atoms with Gasteiger partial charge in [0.15, 0.2) is 4.21 Å². The highest BCUT2D eigenvalue weighted by atomic mass is 32.2. The fourth-order valence-corrected chi connectivity index (χ4v) is 7.38. The van der Waals surface area contributed by atoms with Gasteiger partial charge in [-0.15, -0.1) is 11.3 Å². The Hall–Kier alpha value is -1.24. The lowest BCUT2D eigenvalue weighted by atomic mass is 9.58. The van der Waals surface area contributed by atoms with E-state index in [0.29, 0.717) is 16.4 Å². The predicted molar refractivity (Wildman–Crippen MR) is 90.9 cm³/mol. The Balaban J connectivity index is 1.75.